The van der Waals surface area contributed by atoms with Gasteiger partial charge in [-0.25, -0.2) is 0 Å². The quantitative estimate of drug-likeness (QED) is 0.435. The monoisotopic (exact) mass is 393 g/mol. The van der Waals surface area contributed by atoms with Crippen molar-refractivity contribution < 1.29 is 23.7 Å². The summed E-state index contributed by atoms with van der Waals surface area (Å²) in [5.41, 5.74) is 0.734. The molecular formula is C22H35NO5. The molecule has 0 saturated carbocycles. The molecule has 0 bridgehead atoms. The number of nitrogens with one attached hydrogen (secondary N) is 1. The van der Waals surface area contributed by atoms with Gasteiger partial charge in [0, 0.05) is 39.4 Å². The number of hydrogen-bond donors (Lipinski definition) is 1. The normalized spacial score (nSPS) is 19.7. The molecule has 1 N–H and O–H groups in total. The van der Waals surface area contributed by atoms with Crippen LogP contribution in [0, 0.1) is 0 Å². The van der Waals surface area contributed by atoms with Crippen LogP contribution in [0.4, 0.5) is 0 Å². The zero-order chi connectivity index (χ0) is 20.2. The molecule has 0 spiro atoms. The first-order valence-electron chi connectivity index (χ1n) is 10.2. The number of carbonyl (C=O) groups excluding carboxylic acids is 1. The van der Waals surface area contributed by atoms with Crippen LogP contribution >= 0.6 is 0 Å². The molecule has 0 aromatic heterocycles. The van der Waals surface area contributed by atoms with E-state index in [2.05, 4.69) is 17.4 Å². The Hall–Kier alpha value is -1.47. The Morgan fingerprint density at radius 3 is 2.43 bits per heavy atom. The molecule has 0 radical (unpaired) electrons. The zero-order valence-electron chi connectivity index (χ0n) is 17.4. The number of rotatable bonds is 12. The van der Waals surface area contributed by atoms with Crippen molar-refractivity contribution >= 4 is 5.97 Å². The van der Waals surface area contributed by atoms with Crippen molar-refractivity contribution in [1.82, 2.24) is 5.32 Å². The van der Waals surface area contributed by atoms with Gasteiger partial charge in [0.25, 0.3) is 0 Å². The summed E-state index contributed by atoms with van der Waals surface area (Å²) >= 11 is 0. The van der Waals surface area contributed by atoms with Gasteiger partial charge in [-0.05, 0) is 39.2 Å². The van der Waals surface area contributed by atoms with E-state index >= 15 is 0 Å². The number of ether oxygens (including phenoxy) is 4. The minimum atomic E-state index is -0.457. The maximum absolute atomic E-state index is 12.0. The Kier molecular flexibility index (Phi) is 9.92. The molecule has 158 valence electrons. The first kappa shape index (κ1) is 22.8. The Morgan fingerprint density at radius 2 is 1.71 bits per heavy atom. The lowest BCUT2D eigenvalue weighted by Crippen LogP contribution is -2.37. The maximum atomic E-state index is 12.0. The highest BCUT2D eigenvalue weighted by Gasteiger charge is 2.32. The fourth-order valence-electron chi connectivity index (χ4n) is 2.92. The maximum Gasteiger partial charge on any atom is 0.323 e. The average molecular weight is 394 g/mol. The largest absolute Gasteiger partial charge is 0.459 e. The van der Waals surface area contributed by atoms with Gasteiger partial charge in [-0.1, -0.05) is 30.3 Å². The van der Waals surface area contributed by atoms with E-state index in [1.165, 1.54) is 5.56 Å². The summed E-state index contributed by atoms with van der Waals surface area (Å²) < 4.78 is 22.5. The van der Waals surface area contributed by atoms with E-state index in [1.807, 2.05) is 39.0 Å². The van der Waals surface area contributed by atoms with Gasteiger partial charge in [0.15, 0.2) is 0 Å². The van der Waals surface area contributed by atoms with Crippen LogP contribution in [0.2, 0.25) is 0 Å². The Labute approximate surface area is 168 Å². The third kappa shape index (κ3) is 9.64. The van der Waals surface area contributed by atoms with Crippen molar-refractivity contribution in [2.24, 2.45) is 0 Å². The second kappa shape index (κ2) is 12.2. The Morgan fingerprint density at radius 1 is 1.04 bits per heavy atom. The van der Waals surface area contributed by atoms with E-state index in [0.717, 1.165) is 12.8 Å². The SMILES string of the molecule is CC(C)(C)OC(=O)[C@H]1C[C@@H](OCCCOCCCOCc2ccccc2)CN1. The first-order valence-corrected chi connectivity index (χ1v) is 10.2. The smallest absolute Gasteiger partial charge is 0.323 e. The van der Waals surface area contributed by atoms with Crippen LogP contribution in [0.5, 0.6) is 0 Å². The molecule has 1 saturated heterocycles. The molecule has 28 heavy (non-hydrogen) atoms. The summed E-state index contributed by atoms with van der Waals surface area (Å²) in [7, 11) is 0. The molecular weight excluding hydrogens is 358 g/mol. The second-order valence-corrected chi connectivity index (χ2v) is 8.08. The molecule has 6 heteroatoms. The number of benzene rings is 1. The van der Waals surface area contributed by atoms with Crippen LogP contribution in [0.25, 0.3) is 0 Å². The van der Waals surface area contributed by atoms with Gasteiger partial charge in [0.2, 0.25) is 0 Å². The molecule has 1 heterocycles. The van der Waals surface area contributed by atoms with Gasteiger partial charge in [-0.2, -0.15) is 0 Å². The fraction of sp³-hybridized carbons (Fsp3) is 0.682. The molecule has 1 fully saturated rings. The van der Waals surface area contributed by atoms with E-state index in [0.29, 0.717) is 46.0 Å². The van der Waals surface area contributed by atoms with Crippen LogP contribution < -0.4 is 5.32 Å². The van der Waals surface area contributed by atoms with Crippen LogP contribution in [0.15, 0.2) is 30.3 Å². The van der Waals surface area contributed by atoms with Crippen LogP contribution in [0.3, 0.4) is 0 Å². The number of carbonyl (C=O) groups is 1. The zero-order valence-corrected chi connectivity index (χ0v) is 17.4. The van der Waals surface area contributed by atoms with Gasteiger partial charge in [-0.3, -0.25) is 4.79 Å². The van der Waals surface area contributed by atoms with E-state index < -0.39 is 5.60 Å². The molecule has 0 unspecified atom stereocenters. The summed E-state index contributed by atoms with van der Waals surface area (Å²) in [5.74, 6) is -0.198. The van der Waals surface area contributed by atoms with Gasteiger partial charge in [0.1, 0.15) is 11.6 Å². The molecule has 1 aromatic rings. The standard InChI is InChI=1S/C22H35NO5/c1-22(2,3)28-21(24)20-15-19(16-23-20)27-14-8-12-25-11-7-13-26-17-18-9-5-4-6-10-18/h4-6,9-10,19-20,23H,7-8,11-17H2,1-3H3/t19-,20-/m1/s1. The van der Waals surface area contributed by atoms with Crippen molar-refractivity contribution in [3.8, 4) is 0 Å². The highest BCUT2D eigenvalue weighted by Crippen LogP contribution is 2.16. The van der Waals surface area contributed by atoms with Gasteiger partial charge in [0.05, 0.1) is 12.7 Å². The van der Waals surface area contributed by atoms with Gasteiger partial charge >= 0.3 is 5.97 Å². The topological polar surface area (TPSA) is 66.0 Å². The molecule has 1 aromatic carbocycles. The molecule has 1 aliphatic heterocycles. The minimum absolute atomic E-state index is 0.0592. The summed E-state index contributed by atoms with van der Waals surface area (Å²) in [5, 5.41) is 3.18. The summed E-state index contributed by atoms with van der Waals surface area (Å²) in [4.78, 5) is 12.0. The fourth-order valence-corrected chi connectivity index (χ4v) is 2.92. The van der Waals surface area contributed by atoms with Crippen LogP contribution in [-0.4, -0.2) is 56.7 Å². The number of hydrogen-bond acceptors (Lipinski definition) is 6. The van der Waals surface area contributed by atoms with Crippen molar-refractivity contribution in [2.45, 2.75) is 64.4 Å². The summed E-state index contributed by atoms with van der Waals surface area (Å²) in [6, 6.07) is 9.89. The van der Waals surface area contributed by atoms with Gasteiger partial charge in [-0.15, -0.1) is 0 Å². The van der Waals surface area contributed by atoms with E-state index in [1.54, 1.807) is 0 Å². The highest BCUT2D eigenvalue weighted by molar-refractivity contribution is 5.76. The molecule has 6 nitrogen and oxygen atoms in total. The highest BCUT2D eigenvalue weighted by atomic mass is 16.6. The van der Waals surface area contributed by atoms with Crippen LogP contribution in [-0.2, 0) is 30.3 Å². The first-order chi connectivity index (χ1) is 13.4. The molecule has 0 aliphatic carbocycles. The van der Waals surface area contributed by atoms with Crippen molar-refractivity contribution in [3.63, 3.8) is 0 Å². The third-order valence-corrected chi connectivity index (χ3v) is 4.26. The second-order valence-electron chi connectivity index (χ2n) is 8.08. The van der Waals surface area contributed by atoms with Crippen molar-refractivity contribution in [3.05, 3.63) is 35.9 Å². The molecule has 1 aliphatic rings. The lowest BCUT2D eigenvalue weighted by atomic mass is 10.1. The van der Waals surface area contributed by atoms with Crippen molar-refractivity contribution in [2.75, 3.05) is 33.0 Å². The van der Waals surface area contributed by atoms with Crippen LogP contribution in [0.1, 0.15) is 45.6 Å². The average Bonchev–Trinajstić information content (AvgIpc) is 3.12. The third-order valence-electron chi connectivity index (χ3n) is 4.26. The minimum Gasteiger partial charge on any atom is -0.459 e. The lowest BCUT2D eigenvalue weighted by Gasteiger charge is -2.22. The summed E-state index contributed by atoms with van der Waals surface area (Å²) in [6.45, 7) is 9.67. The lowest BCUT2D eigenvalue weighted by molar-refractivity contribution is -0.157. The van der Waals surface area contributed by atoms with E-state index in [-0.39, 0.29) is 18.1 Å². The van der Waals surface area contributed by atoms with Gasteiger partial charge < -0.3 is 24.3 Å². The molecule has 2 rings (SSSR count). The molecule has 0 amide bonds. The molecule has 2 atom stereocenters. The summed E-state index contributed by atoms with van der Waals surface area (Å²) in [6.07, 6.45) is 2.45. The Balaban J connectivity index is 1.40. The number of esters is 1. The Bertz CT molecular complexity index is 558. The van der Waals surface area contributed by atoms with E-state index in [4.69, 9.17) is 18.9 Å². The van der Waals surface area contributed by atoms with Crippen molar-refractivity contribution in [1.29, 1.82) is 0 Å². The predicted octanol–water partition coefficient (Wildman–Crippen LogP) is 3.09. The predicted molar refractivity (Wildman–Crippen MR) is 108 cm³/mol. The van der Waals surface area contributed by atoms with E-state index in [9.17, 15) is 4.79 Å².